The fourth-order valence-electron chi connectivity index (χ4n) is 5.21. The second-order valence-electron chi connectivity index (χ2n) is 6.93. The molecule has 0 spiro atoms. The van der Waals surface area contributed by atoms with Gasteiger partial charge in [0.2, 0.25) is 0 Å². The number of rotatable bonds is 0. The molecule has 1 saturated carbocycles. The summed E-state index contributed by atoms with van der Waals surface area (Å²) in [5, 5.41) is 0. The molecule has 1 heterocycles. The zero-order valence-corrected chi connectivity index (χ0v) is 11.9. The lowest BCUT2D eigenvalue weighted by Gasteiger charge is -2.58. The normalized spacial score (nSPS) is 37.5. The Morgan fingerprint density at radius 3 is 3.05 bits per heavy atom. The predicted octanol–water partition coefficient (Wildman–Crippen LogP) is 2.96. The molecule has 1 aromatic rings. The number of benzene rings is 1. The number of likely N-dealkylation sites (tertiary alicyclic amines) is 1. The maximum absolute atomic E-state index is 6.09. The van der Waals surface area contributed by atoms with Gasteiger partial charge in [-0.1, -0.05) is 18.9 Å². The highest BCUT2D eigenvalue weighted by atomic mass is 15.1. The molecule has 0 amide bonds. The van der Waals surface area contributed by atoms with Gasteiger partial charge in [-0.05, 0) is 68.5 Å². The third kappa shape index (κ3) is 1.53. The third-order valence-electron chi connectivity index (χ3n) is 6.14. The molecular weight excluding hydrogens is 232 g/mol. The molecule has 2 N–H and O–H groups in total. The van der Waals surface area contributed by atoms with E-state index in [1.807, 2.05) is 0 Å². The van der Waals surface area contributed by atoms with Crippen LogP contribution < -0.4 is 5.73 Å². The summed E-state index contributed by atoms with van der Waals surface area (Å²) in [5.74, 6) is 0.870. The fourth-order valence-corrected chi connectivity index (χ4v) is 5.21. The van der Waals surface area contributed by atoms with Crippen LogP contribution in [0.3, 0.4) is 0 Å². The van der Waals surface area contributed by atoms with Gasteiger partial charge in [-0.15, -0.1) is 0 Å². The highest BCUT2D eigenvalue weighted by molar-refractivity contribution is 5.51. The van der Waals surface area contributed by atoms with Crippen LogP contribution in [0.5, 0.6) is 0 Å². The first-order valence-electron chi connectivity index (χ1n) is 7.80. The molecule has 2 aliphatic carbocycles. The monoisotopic (exact) mass is 256 g/mol. The molecule has 1 unspecified atom stereocenters. The van der Waals surface area contributed by atoms with E-state index in [0.717, 1.165) is 17.6 Å². The van der Waals surface area contributed by atoms with Gasteiger partial charge >= 0.3 is 0 Å². The first-order valence-corrected chi connectivity index (χ1v) is 7.80. The third-order valence-corrected chi connectivity index (χ3v) is 6.14. The molecule has 3 aliphatic rings. The Morgan fingerprint density at radius 2 is 2.16 bits per heavy atom. The molecule has 2 fully saturated rings. The second-order valence-corrected chi connectivity index (χ2v) is 6.93. The highest BCUT2D eigenvalue weighted by Crippen LogP contribution is 2.55. The topological polar surface area (TPSA) is 29.3 Å². The SMILES string of the molecule is CN1CC[C@]23CCCCC2[C@H]1Cc1ccc(N)cc13. The lowest BCUT2D eigenvalue weighted by molar-refractivity contribution is 0.00291. The lowest BCUT2D eigenvalue weighted by Crippen LogP contribution is -2.59. The van der Waals surface area contributed by atoms with Crippen molar-refractivity contribution in [2.24, 2.45) is 5.92 Å². The van der Waals surface area contributed by atoms with Gasteiger partial charge in [0.25, 0.3) is 0 Å². The summed E-state index contributed by atoms with van der Waals surface area (Å²) in [6.45, 7) is 1.26. The van der Waals surface area contributed by atoms with Gasteiger partial charge in [0, 0.05) is 17.1 Å². The van der Waals surface area contributed by atoms with Crippen molar-refractivity contribution >= 4 is 5.69 Å². The Balaban J connectivity index is 1.90. The van der Waals surface area contributed by atoms with Crippen molar-refractivity contribution in [3.63, 3.8) is 0 Å². The van der Waals surface area contributed by atoms with E-state index in [1.54, 1.807) is 11.1 Å². The van der Waals surface area contributed by atoms with Crippen LogP contribution in [0.2, 0.25) is 0 Å². The molecule has 0 radical (unpaired) electrons. The number of nitrogens with zero attached hydrogens (tertiary/aromatic N) is 1. The fraction of sp³-hybridized carbons (Fsp3) is 0.647. The molecule has 2 heteroatoms. The molecular formula is C17H24N2. The van der Waals surface area contributed by atoms with E-state index < -0.39 is 0 Å². The lowest BCUT2D eigenvalue weighted by atomic mass is 9.52. The van der Waals surface area contributed by atoms with Gasteiger partial charge in [0.1, 0.15) is 0 Å². The molecule has 1 saturated heterocycles. The van der Waals surface area contributed by atoms with Gasteiger partial charge in [-0.2, -0.15) is 0 Å². The molecule has 2 bridgehead atoms. The van der Waals surface area contributed by atoms with Crippen LogP contribution in [0.15, 0.2) is 18.2 Å². The number of likely N-dealkylation sites (N-methyl/N-ethyl adjacent to an activating group) is 1. The van der Waals surface area contributed by atoms with Crippen LogP contribution >= 0.6 is 0 Å². The summed E-state index contributed by atoms with van der Waals surface area (Å²) in [6.07, 6.45) is 8.21. The summed E-state index contributed by atoms with van der Waals surface area (Å²) < 4.78 is 0. The van der Waals surface area contributed by atoms with Crippen molar-refractivity contribution < 1.29 is 0 Å². The first kappa shape index (κ1) is 11.8. The number of nitrogens with two attached hydrogens (primary N) is 1. The summed E-state index contributed by atoms with van der Waals surface area (Å²) in [6, 6.07) is 7.46. The van der Waals surface area contributed by atoms with Gasteiger partial charge in [0.05, 0.1) is 0 Å². The second kappa shape index (κ2) is 3.99. The molecule has 19 heavy (non-hydrogen) atoms. The average molecular weight is 256 g/mol. The Labute approximate surface area is 116 Å². The quantitative estimate of drug-likeness (QED) is 0.723. The van der Waals surface area contributed by atoms with Crippen LogP contribution in [-0.2, 0) is 11.8 Å². The Kier molecular flexibility index (Phi) is 2.47. The van der Waals surface area contributed by atoms with Crippen molar-refractivity contribution in [3.05, 3.63) is 29.3 Å². The number of hydrogen-bond acceptors (Lipinski definition) is 2. The summed E-state index contributed by atoms with van der Waals surface area (Å²) in [4.78, 5) is 2.62. The van der Waals surface area contributed by atoms with E-state index in [0.29, 0.717) is 5.41 Å². The van der Waals surface area contributed by atoms with Crippen LogP contribution in [-0.4, -0.2) is 24.5 Å². The van der Waals surface area contributed by atoms with E-state index >= 15 is 0 Å². The van der Waals surface area contributed by atoms with Gasteiger partial charge < -0.3 is 10.6 Å². The highest BCUT2D eigenvalue weighted by Gasteiger charge is 2.52. The number of piperidine rings is 1. The minimum atomic E-state index is 0.457. The molecule has 102 valence electrons. The van der Waals surface area contributed by atoms with Crippen molar-refractivity contribution in [1.82, 2.24) is 4.90 Å². The maximum Gasteiger partial charge on any atom is 0.0317 e. The Bertz CT molecular complexity index is 510. The number of hydrogen-bond donors (Lipinski definition) is 1. The van der Waals surface area contributed by atoms with Crippen molar-refractivity contribution in [1.29, 1.82) is 0 Å². The Hall–Kier alpha value is -1.02. The van der Waals surface area contributed by atoms with E-state index in [-0.39, 0.29) is 0 Å². The number of fused-ring (bicyclic) bond motifs is 1. The van der Waals surface area contributed by atoms with E-state index in [2.05, 4.69) is 30.1 Å². The first-order chi connectivity index (χ1) is 9.21. The molecule has 1 aromatic carbocycles. The standard InChI is InChI=1S/C17H24N2/c1-19-9-8-17-7-3-2-4-14(17)16(19)10-12-5-6-13(18)11-15(12)17/h5-6,11,14,16H,2-4,7-10,18H2,1H3/t14?,16-,17-/m1/s1. The molecule has 2 nitrogen and oxygen atoms in total. The Morgan fingerprint density at radius 1 is 1.26 bits per heavy atom. The predicted molar refractivity (Wildman–Crippen MR) is 79.2 cm³/mol. The average Bonchev–Trinajstić information content (AvgIpc) is 2.43. The number of nitrogen functional groups attached to an aromatic ring is 1. The summed E-state index contributed by atoms with van der Waals surface area (Å²) in [5.41, 5.74) is 10.7. The van der Waals surface area contributed by atoms with Crippen molar-refractivity contribution in [2.45, 2.75) is 50.0 Å². The van der Waals surface area contributed by atoms with Crippen LogP contribution in [0.25, 0.3) is 0 Å². The van der Waals surface area contributed by atoms with Gasteiger partial charge in [0.15, 0.2) is 0 Å². The number of anilines is 1. The van der Waals surface area contributed by atoms with E-state index in [9.17, 15) is 0 Å². The minimum absolute atomic E-state index is 0.457. The zero-order chi connectivity index (χ0) is 13.0. The van der Waals surface area contributed by atoms with Crippen LogP contribution in [0, 0.1) is 5.92 Å². The van der Waals surface area contributed by atoms with Crippen LogP contribution in [0.1, 0.15) is 43.2 Å². The smallest absolute Gasteiger partial charge is 0.0317 e. The van der Waals surface area contributed by atoms with Crippen molar-refractivity contribution in [3.8, 4) is 0 Å². The van der Waals surface area contributed by atoms with Gasteiger partial charge in [-0.3, -0.25) is 0 Å². The molecule has 3 atom stereocenters. The maximum atomic E-state index is 6.09. The van der Waals surface area contributed by atoms with Crippen molar-refractivity contribution in [2.75, 3.05) is 19.3 Å². The summed E-state index contributed by atoms with van der Waals surface area (Å²) >= 11 is 0. The van der Waals surface area contributed by atoms with E-state index in [4.69, 9.17) is 5.73 Å². The molecule has 1 aliphatic heterocycles. The molecule has 0 aromatic heterocycles. The molecule has 4 rings (SSSR count). The largest absolute Gasteiger partial charge is 0.399 e. The van der Waals surface area contributed by atoms with Gasteiger partial charge in [-0.25, -0.2) is 0 Å². The van der Waals surface area contributed by atoms with E-state index in [1.165, 1.54) is 45.1 Å². The zero-order valence-electron chi connectivity index (χ0n) is 11.9. The minimum Gasteiger partial charge on any atom is -0.399 e. The van der Waals surface area contributed by atoms with Crippen LogP contribution in [0.4, 0.5) is 5.69 Å². The summed E-state index contributed by atoms with van der Waals surface area (Å²) in [7, 11) is 2.32.